The van der Waals surface area contributed by atoms with Crippen LogP contribution in [0.2, 0.25) is 0 Å². The second-order valence-electron chi connectivity index (χ2n) is 4.37. The van der Waals surface area contributed by atoms with Gasteiger partial charge in [-0.1, -0.05) is 0 Å². The molecule has 0 bridgehead atoms. The monoisotopic (exact) mass is 208 g/mol. The maximum absolute atomic E-state index is 4.00. The molecule has 1 unspecified atom stereocenters. The summed E-state index contributed by atoms with van der Waals surface area (Å²) in [6, 6.07) is 0.548. The van der Waals surface area contributed by atoms with Crippen LogP contribution in [0.15, 0.2) is 12.5 Å². The Balaban J connectivity index is 1.66. The maximum atomic E-state index is 4.00. The number of rotatable bonds is 5. The van der Waals surface area contributed by atoms with Crippen LogP contribution in [0.25, 0.3) is 0 Å². The SMILES string of the molecule is CC(CN1CCCC1)NCc1cnc[nH]1. The number of H-pyrrole nitrogens is 1. The Kier molecular flexibility index (Phi) is 3.75. The minimum absolute atomic E-state index is 0.548. The third kappa shape index (κ3) is 3.32. The van der Waals surface area contributed by atoms with Crippen molar-refractivity contribution in [2.45, 2.75) is 32.4 Å². The maximum Gasteiger partial charge on any atom is 0.0922 e. The van der Waals surface area contributed by atoms with Crippen LogP contribution in [0.1, 0.15) is 25.5 Å². The van der Waals surface area contributed by atoms with Gasteiger partial charge in [0.1, 0.15) is 0 Å². The predicted molar refractivity (Wildman–Crippen MR) is 60.6 cm³/mol. The number of hydrogen-bond acceptors (Lipinski definition) is 3. The molecular formula is C11H20N4. The van der Waals surface area contributed by atoms with Gasteiger partial charge in [0.15, 0.2) is 0 Å². The first-order valence-corrected chi connectivity index (χ1v) is 5.77. The summed E-state index contributed by atoms with van der Waals surface area (Å²) in [5.41, 5.74) is 1.16. The number of nitrogens with zero attached hydrogens (tertiary/aromatic N) is 2. The number of imidazole rings is 1. The zero-order chi connectivity index (χ0) is 10.5. The van der Waals surface area contributed by atoms with Crippen LogP contribution in [0, 0.1) is 0 Å². The normalized spacial score (nSPS) is 19.5. The molecule has 0 saturated carbocycles. The lowest BCUT2D eigenvalue weighted by molar-refractivity contribution is 0.298. The first-order chi connectivity index (χ1) is 7.34. The van der Waals surface area contributed by atoms with Crippen LogP contribution in [0.4, 0.5) is 0 Å². The van der Waals surface area contributed by atoms with Gasteiger partial charge in [0.25, 0.3) is 0 Å². The zero-order valence-electron chi connectivity index (χ0n) is 9.37. The molecule has 1 atom stereocenters. The Morgan fingerprint density at radius 2 is 2.33 bits per heavy atom. The zero-order valence-corrected chi connectivity index (χ0v) is 9.37. The van der Waals surface area contributed by atoms with Crippen molar-refractivity contribution < 1.29 is 0 Å². The number of nitrogens with one attached hydrogen (secondary N) is 2. The molecule has 15 heavy (non-hydrogen) atoms. The second-order valence-corrected chi connectivity index (χ2v) is 4.37. The quantitative estimate of drug-likeness (QED) is 0.758. The number of likely N-dealkylation sites (tertiary alicyclic amines) is 1. The average molecular weight is 208 g/mol. The molecule has 0 amide bonds. The molecule has 1 aliphatic rings. The second kappa shape index (κ2) is 5.28. The van der Waals surface area contributed by atoms with Crippen LogP contribution >= 0.6 is 0 Å². The minimum Gasteiger partial charge on any atom is -0.347 e. The van der Waals surface area contributed by atoms with Crippen LogP contribution in [-0.4, -0.2) is 40.5 Å². The summed E-state index contributed by atoms with van der Waals surface area (Å²) in [6.45, 7) is 6.84. The Bertz CT molecular complexity index is 264. The molecule has 0 aliphatic carbocycles. The summed E-state index contributed by atoms with van der Waals surface area (Å²) in [5.74, 6) is 0. The van der Waals surface area contributed by atoms with Gasteiger partial charge < -0.3 is 15.2 Å². The summed E-state index contributed by atoms with van der Waals surface area (Å²) in [5, 5.41) is 3.50. The van der Waals surface area contributed by atoms with Gasteiger partial charge in [-0.15, -0.1) is 0 Å². The highest BCUT2D eigenvalue weighted by atomic mass is 15.2. The van der Waals surface area contributed by atoms with Crippen molar-refractivity contribution in [2.75, 3.05) is 19.6 Å². The smallest absolute Gasteiger partial charge is 0.0922 e. The van der Waals surface area contributed by atoms with Crippen molar-refractivity contribution in [3.05, 3.63) is 18.2 Å². The Morgan fingerprint density at radius 3 is 3.00 bits per heavy atom. The van der Waals surface area contributed by atoms with Crippen LogP contribution < -0.4 is 5.32 Å². The number of aromatic amines is 1. The van der Waals surface area contributed by atoms with Gasteiger partial charge >= 0.3 is 0 Å². The van der Waals surface area contributed by atoms with E-state index in [4.69, 9.17) is 0 Å². The molecule has 1 aliphatic heterocycles. The Morgan fingerprint density at radius 1 is 1.53 bits per heavy atom. The lowest BCUT2D eigenvalue weighted by Crippen LogP contribution is -2.37. The molecule has 84 valence electrons. The van der Waals surface area contributed by atoms with E-state index in [2.05, 4.69) is 27.1 Å². The fourth-order valence-corrected chi connectivity index (χ4v) is 2.08. The van der Waals surface area contributed by atoms with E-state index in [0.29, 0.717) is 6.04 Å². The van der Waals surface area contributed by atoms with Crippen molar-refractivity contribution in [1.29, 1.82) is 0 Å². The van der Waals surface area contributed by atoms with Crippen molar-refractivity contribution in [1.82, 2.24) is 20.2 Å². The summed E-state index contributed by atoms with van der Waals surface area (Å²) in [4.78, 5) is 9.63. The highest BCUT2D eigenvalue weighted by Crippen LogP contribution is 2.07. The first kappa shape index (κ1) is 10.6. The van der Waals surface area contributed by atoms with Crippen LogP contribution in [0.5, 0.6) is 0 Å². The van der Waals surface area contributed by atoms with E-state index in [1.165, 1.54) is 25.9 Å². The van der Waals surface area contributed by atoms with Crippen LogP contribution in [-0.2, 0) is 6.54 Å². The average Bonchev–Trinajstić information content (AvgIpc) is 2.86. The molecule has 0 radical (unpaired) electrons. The Hall–Kier alpha value is -0.870. The van der Waals surface area contributed by atoms with E-state index < -0.39 is 0 Å². The number of aromatic nitrogens is 2. The summed E-state index contributed by atoms with van der Waals surface area (Å²) < 4.78 is 0. The fourth-order valence-electron chi connectivity index (χ4n) is 2.08. The molecule has 1 aromatic rings. The van der Waals surface area contributed by atoms with Gasteiger partial charge in [0.05, 0.1) is 6.33 Å². The van der Waals surface area contributed by atoms with E-state index in [0.717, 1.165) is 18.8 Å². The molecule has 1 fully saturated rings. The van der Waals surface area contributed by atoms with Gasteiger partial charge in [-0.2, -0.15) is 0 Å². The fraction of sp³-hybridized carbons (Fsp3) is 0.727. The topological polar surface area (TPSA) is 44.0 Å². The lowest BCUT2D eigenvalue weighted by Gasteiger charge is -2.20. The molecule has 1 saturated heterocycles. The molecular weight excluding hydrogens is 188 g/mol. The van der Waals surface area contributed by atoms with Gasteiger partial charge in [0, 0.05) is 31.0 Å². The van der Waals surface area contributed by atoms with Crippen molar-refractivity contribution in [3.63, 3.8) is 0 Å². The van der Waals surface area contributed by atoms with Gasteiger partial charge in [-0.05, 0) is 32.9 Å². The van der Waals surface area contributed by atoms with Crippen LogP contribution in [0.3, 0.4) is 0 Å². The van der Waals surface area contributed by atoms with E-state index >= 15 is 0 Å². The minimum atomic E-state index is 0.548. The standard InChI is InChI=1S/C11H20N4/c1-10(8-15-4-2-3-5-15)13-7-11-6-12-9-14-11/h6,9-10,13H,2-5,7-8H2,1H3,(H,12,14). The largest absolute Gasteiger partial charge is 0.347 e. The molecule has 2 rings (SSSR count). The lowest BCUT2D eigenvalue weighted by atomic mass is 10.3. The summed E-state index contributed by atoms with van der Waals surface area (Å²) in [6.07, 6.45) is 6.33. The third-order valence-electron chi connectivity index (χ3n) is 2.93. The van der Waals surface area contributed by atoms with Gasteiger partial charge in [-0.25, -0.2) is 4.98 Å². The molecule has 2 N–H and O–H groups in total. The van der Waals surface area contributed by atoms with E-state index in [-0.39, 0.29) is 0 Å². The molecule has 2 heterocycles. The first-order valence-electron chi connectivity index (χ1n) is 5.77. The number of hydrogen-bond donors (Lipinski definition) is 2. The van der Waals surface area contributed by atoms with Gasteiger partial charge in [-0.3, -0.25) is 0 Å². The highest BCUT2D eigenvalue weighted by Gasteiger charge is 2.13. The molecule has 4 heteroatoms. The van der Waals surface area contributed by atoms with Crippen molar-refractivity contribution >= 4 is 0 Å². The van der Waals surface area contributed by atoms with E-state index in [1.54, 1.807) is 6.33 Å². The summed E-state index contributed by atoms with van der Waals surface area (Å²) >= 11 is 0. The van der Waals surface area contributed by atoms with Crippen molar-refractivity contribution in [2.24, 2.45) is 0 Å². The summed E-state index contributed by atoms with van der Waals surface area (Å²) in [7, 11) is 0. The van der Waals surface area contributed by atoms with E-state index in [1.807, 2.05) is 6.20 Å². The molecule has 4 nitrogen and oxygen atoms in total. The third-order valence-corrected chi connectivity index (χ3v) is 2.93. The van der Waals surface area contributed by atoms with Crippen molar-refractivity contribution in [3.8, 4) is 0 Å². The molecule has 0 spiro atoms. The molecule has 1 aromatic heterocycles. The Labute approximate surface area is 91.1 Å². The highest BCUT2D eigenvalue weighted by molar-refractivity contribution is 4.93. The molecule has 0 aromatic carbocycles. The van der Waals surface area contributed by atoms with E-state index in [9.17, 15) is 0 Å². The van der Waals surface area contributed by atoms with Gasteiger partial charge in [0.2, 0.25) is 0 Å². The predicted octanol–water partition coefficient (Wildman–Crippen LogP) is 0.984.